The van der Waals surface area contributed by atoms with E-state index in [9.17, 15) is 9.90 Å². The van der Waals surface area contributed by atoms with Crippen LogP contribution in [-0.2, 0) is 11.2 Å². The van der Waals surface area contributed by atoms with Crippen LogP contribution in [0, 0.1) is 5.41 Å². The maximum Gasteiger partial charge on any atom is 0.272 e. The maximum absolute atomic E-state index is 12.5. The molecule has 1 aliphatic carbocycles. The molecule has 2 aliphatic rings. The number of H-pyrrole nitrogens is 1. The predicted molar refractivity (Wildman–Crippen MR) is 81.6 cm³/mol. The first kappa shape index (κ1) is 15.5. The maximum atomic E-state index is 12.5. The van der Waals surface area contributed by atoms with Crippen molar-refractivity contribution in [2.45, 2.75) is 58.2 Å². The molecule has 22 heavy (non-hydrogen) atoms. The van der Waals surface area contributed by atoms with Crippen molar-refractivity contribution >= 4 is 5.91 Å². The number of aliphatic hydroxyl groups excluding tert-OH is 1. The molecule has 6 nitrogen and oxygen atoms in total. The highest BCUT2D eigenvalue weighted by atomic mass is 16.5. The number of hydrogen-bond donors (Lipinski definition) is 3. The fourth-order valence-electron chi connectivity index (χ4n) is 3.73. The number of hydrogen-bond acceptors (Lipinski definition) is 4. The van der Waals surface area contributed by atoms with Gasteiger partial charge in [-0.3, -0.25) is 9.89 Å². The van der Waals surface area contributed by atoms with Gasteiger partial charge in [0.2, 0.25) is 0 Å². The molecule has 0 bridgehead atoms. The topological polar surface area (TPSA) is 87.2 Å². The molecule has 6 heteroatoms. The third kappa shape index (κ3) is 2.77. The van der Waals surface area contributed by atoms with Gasteiger partial charge >= 0.3 is 0 Å². The van der Waals surface area contributed by atoms with Crippen LogP contribution < -0.4 is 5.32 Å². The number of nitrogens with zero attached hydrogens (tertiary/aromatic N) is 1. The molecule has 2 heterocycles. The average molecular weight is 307 g/mol. The summed E-state index contributed by atoms with van der Waals surface area (Å²) < 4.78 is 5.74. The Balaban J connectivity index is 1.71. The molecule has 1 fully saturated rings. The van der Waals surface area contributed by atoms with Crippen molar-refractivity contribution in [3.63, 3.8) is 0 Å². The van der Waals surface area contributed by atoms with E-state index < -0.39 is 0 Å². The molecular formula is C16H25N3O3. The molecule has 1 amide bonds. The van der Waals surface area contributed by atoms with Gasteiger partial charge in [0, 0.05) is 23.9 Å². The van der Waals surface area contributed by atoms with E-state index in [2.05, 4.69) is 15.5 Å². The average Bonchev–Trinajstić information content (AvgIpc) is 3.12. The van der Waals surface area contributed by atoms with Crippen molar-refractivity contribution in [1.82, 2.24) is 15.5 Å². The van der Waals surface area contributed by atoms with Gasteiger partial charge in [-0.1, -0.05) is 12.8 Å². The fraction of sp³-hybridized carbons (Fsp3) is 0.750. The summed E-state index contributed by atoms with van der Waals surface area (Å²) in [5, 5.41) is 19.7. The normalized spacial score (nSPS) is 26.7. The lowest BCUT2D eigenvalue weighted by molar-refractivity contribution is -0.00697. The second-order valence-electron chi connectivity index (χ2n) is 6.81. The fourth-order valence-corrected chi connectivity index (χ4v) is 3.73. The Morgan fingerprint density at radius 1 is 1.45 bits per heavy atom. The molecule has 122 valence electrons. The van der Waals surface area contributed by atoms with Crippen molar-refractivity contribution < 1.29 is 14.6 Å². The van der Waals surface area contributed by atoms with Gasteiger partial charge in [0.1, 0.15) is 0 Å². The SMILES string of the molecule is C[C@@H]1Cc2c(C(=O)NCC3(CO)CCCC3)n[nH]c2[C@H](C)O1. The van der Waals surface area contributed by atoms with Gasteiger partial charge in [0.15, 0.2) is 5.69 Å². The first-order valence-corrected chi connectivity index (χ1v) is 8.16. The summed E-state index contributed by atoms with van der Waals surface area (Å²) in [5.74, 6) is -0.154. The Kier molecular flexibility index (Phi) is 4.23. The van der Waals surface area contributed by atoms with Crippen LogP contribution in [0.4, 0.5) is 0 Å². The van der Waals surface area contributed by atoms with E-state index in [1.54, 1.807) is 0 Å². The monoisotopic (exact) mass is 307 g/mol. The quantitative estimate of drug-likeness (QED) is 0.790. The molecule has 0 saturated heterocycles. The van der Waals surface area contributed by atoms with Crippen LogP contribution in [0.25, 0.3) is 0 Å². The van der Waals surface area contributed by atoms with Gasteiger partial charge in [-0.15, -0.1) is 0 Å². The standard InChI is InChI=1S/C16H25N3O3/c1-10-7-12-13(11(2)22-10)18-19-14(12)15(21)17-8-16(9-20)5-3-4-6-16/h10-11,20H,3-9H2,1-2H3,(H,17,21)(H,18,19)/t10-,11+/m1/s1. The van der Waals surface area contributed by atoms with Crippen LogP contribution in [0.3, 0.4) is 0 Å². The largest absolute Gasteiger partial charge is 0.396 e. The van der Waals surface area contributed by atoms with Gasteiger partial charge in [-0.05, 0) is 26.7 Å². The summed E-state index contributed by atoms with van der Waals surface area (Å²) in [7, 11) is 0. The molecule has 2 atom stereocenters. The van der Waals surface area contributed by atoms with Crippen LogP contribution in [0.15, 0.2) is 0 Å². The zero-order chi connectivity index (χ0) is 15.7. The summed E-state index contributed by atoms with van der Waals surface area (Å²) in [6, 6.07) is 0. The Bertz CT molecular complexity index is 549. The smallest absolute Gasteiger partial charge is 0.272 e. The highest BCUT2D eigenvalue weighted by Crippen LogP contribution is 2.37. The number of ether oxygens (including phenoxy) is 1. The minimum absolute atomic E-state index is 0.0635. The number of nitrogens with one attached hydrogen (secondary N) is 2. The molecule has 1 aliphatic heterocycles. The van der Waals surface area contributed by atoms with Crippen LogP contribution >= 0.6 is 0 Å². The van der Waals surface area contributed by atoms with E-state index in [-0.39, 0.29) is 30.1 Å². The van der Waals surface area contributed by atoms with E-state index >= 15 is 0 Å². The highest BCUT2D eigenvalue weighted by Gasteiger charge is 2.35. The molecule has 1 aromatic rings. The second-order valence-corrected chi connectivity index (χ2v) is 6.81. The predicted octanol–water partition coefficient (Wildman–Crippen LogP) is 1.71. The van der Waals surface area contributed by atoms with Crippen molar-refractivity contribution in [3.05, 3.63) is 17.0 Å². The third-order valence-electron chi connectivity index (χ3n) is 5.07. The summed E-state index contributed by atoms with van der Waals surface area (Å²) >= 11 is 0. The molecule has 3 rings (SSSR count). The van der Waals surface area contributed by atoms with E-state index in [4.69, 9.17) is 4.74 Å². The summed E-state index contributed by atoms with van der Waals surface area (Å²) in [6.07, 6.45) is 4.93. The zero-order valence-electron chi connectivity index (χ0n) is 13.3. The molecular weight excluding hydrogens is 282 g/mol. The van der Waals surface area contributed by atoms with Gasteiger partial charge < -0.3 is 15.2 Å². The van der Waals surface area contributed by atoms with Crippen molar-refractivity contribution in [2.24, 2.45) is 5.41 Å². The number of fused-ring (bicyclic) bond motifs is 1. The van der Waals surface area contributed by atoms with Crippen LogP contribution in [0.1, 0.15) is 67.4 Å². The van der Waals surface area contributed by atoms with Gasteiger partial charge in [-0.25, -0.2) is 0 Å². The lowest BCUT2D eigenvalue weighted by Crippen LogP contribution is -2.39. The van der Waals surface area contributed by atoms with Gasteiger partial charge in [0.05, 0.1) is 24.5 Å². The number of carbonyl (C=O) groups excluding carboxylic acids is 1. The van der Waals surface area contributed by atoms with Crippen LogP contribution in [0.2, 0.25) is 0 Å². The molecule has 0 spiro atoms. The number of aromatic amines is 1. The summed E-state index contributed by atoms with van der Waals surface area (Å²) in [6.45, 7) is 4.63. The molecule has 0 radical (unpaired) electrons. The Hall–Kier alpha value is -1.40. The lowest BCUT2D eigenvalue weighted by Gasteiger charge is -2.27. The minimum atomic E-state index is -0.154. The van der Waals surface area contributed by atoms with Crippen molar-refractivity contribution in [3.8, 4) is 0 Å². The molecule has 0 aromatic carbocycles. The number of carbonyl (C=O) groups is 1. The summed E-state index contributed by atoms with van der Waals surface area (Å²) in [4.78, 5) is 12.5. The first-order valence-electron chi connectivity index (χ1n) is 8.16. The highest BCUT2D eigenvalue weighted by molar-refractivity contribution is 5.94. The molecule has 3 N–H and O–H groups in total. The Morgan fingerprint density at radius 2 is 2.18 bits per heavy atom. The Labute approximate surface area is 130 Å². The van der Waals surface area contributed by atoms with E-state index in [0.29, 0.717) is 18.7 Å². The molecule has 1 aromatic heterocycles. The zero-order valence-corrected chi connectivity index (χ0v) is 13.3. The van der Waals surface area contributed by atoms with Crippen LogP contribution in [-0.4, -0.2) is 40.5 Å². The second kappa shape index (κ2) is 6.01. The first-order chi connectivity index (χ1) is 10.5. The van der Waals surface area contributed by atoms with E-state index in [0.717, 1.165) is 36.9 Å². The Morgan fingerprint density at radius 3 is 2.86 bits per heavy atom. The molecule has 0 unspecified atom stereocenters. The van der Waals surface area contributed by atoms with Crippen molar-refractivity contribution in [1.29, 1.82) is 0 Å². The van der Waals surface area contributed by atoms with Gasteiger partial charge in [0.25, 0.3) is 5.91 Å². The van der Waals surface area contributed by atoms with E-state index in [1.165, 1.54) is 0 Å². The number of aliphatic hydroxyl groups is 1. The van der Waals surface area contributed by atoms with Crippen molar-refractivity contribution in [2.75, 3.05) is 13.2 Å². The van der Waals surface area contributed by atoms with Crippen LogP contribution in [0.5, 0.6) is 0 Å². The minimum Gasteiger partial charge on any atom is -0.396 e. The molecule has 1 saturated carbocycles. The summed E-state index contributed by atoms with van der Waals surface area (Å²) in [5.41, 5.74) is 2.20. The number of aromatic nitrogens is 2. The number of amides is 1. The van der Waals surface area contributed by atoms with Gasteiger partial charge in [-0.2, -0.15) is 5.10 Å². The lowest BCUT2D eigenvalue weighted by atomic mass is 9.87. The van der Waals surface area contributed by atoms with E-state index in [1.807, 2.05) is 13.8 Å². The third-order valence-corrected chi connectivity index (χ3v) is 5.07. The number of rotatable bonds is 4.